The van der Waals surface area contributed by atoms with Crippen molar-refractivity contribution in [2.24, 2.45) is 5.16 Å². The Morgan fingerprint density at radius 1 is 1.37 bits per heavy atom. The number of nitrogens with zero attached hydrogens (tertiary/aromatic N) is 1. The molecule has 0 spiro atoms. The molecular formula is C15H21NO3. The molecule has 1 aromatic carbocycles. The van der Waals surface area contributed by atoms with E-state index in [2.05, 4.69) is 5.16 Å². The van der Waals surface area contributed by atoms with Gasteiger partial charge >= 0.3 is 0 Å². The number of oxime groups is 1. The topological polar surface area (TPSA) is 62.0 Å². The Bertz CT molecular complexity index is 480. The van der Waals surface area contributed by atoms with Crippen molar-refractivity contribution in [3.8, 4) is 5.75 Å². The van der Waals surface area contributed by atoms with Gasteiger partial charge in [-0.3, -0.25) is 0 Å². The molecule has 0 saturated carbocycles. The van der Waals surface area contributed by atoms with Crippen molar-refractivity contribution >= 4 is 5.71 Å². The fourth-order valence-electron chi connectivity index (χ4n) is 2.24. The van der Waals surface area contributed by atoms with Gasteiger partial charge in [0.05, 0.1) is 11.3 Å². The van der Waals surface area contributed by atoms with Gasteiger partial charge in [0, 0.05) is 11.1 Å². The minimum atomic E-state index is -0.814. The smallest absolute Gasteiger partial charge is 0.123 e. The van der Waals surface area contributed by atoms with Crippen LogP contribution in [0.4, 0.5) is 0 Å². The van der Waals surface area contributed by atoms with Crippen molar-refractivity contribution < 1.29 is 15.1 Å². The highest BCUT2D eigenvalue weighted by Crippen LogP contribution is 2.30. The van der Waals surface area contributed by atoms with Gasteiger partial charge < -0.3 is 15.1 Å². The van der Waals surface area contributed by atoms with Crippen LogP contribution in [0, 0.1) is 0 Å². The summed E-state index contributed by atoms with van der Waals surface area (Å²) in [6.07, 6.45) is 3.31. The van der Waals surface area contributed by atoms with E-state index in [9.17, 15) is 5.11 Å². The monoisotopic (exact) mass is 263 g/mol. The second-order valence-corrected chi connectivity index (χ2v) is 5.32. The molecule has 0 aliphatic heterocycles. The Labute approximate surface area is 113 Å². The second-order valence-electron chi connectivity index (χ2n) is 5.32. The number of hydrogen-bond donors (Lipinski definition) is 2. The molecule has 4 nitrogen and oxygen atoms in total. The van der Waals surface area contributed by atoms with Gasteiger partial charge in [-0.2, -0.15) is 0 Å². The van der Waals surface area contributed by atoms with Crippen LogP contribution in [0.2, 0.25) is 0 Å². The predicted molar refractivity (Wildman–Crippen MR) is 74.1 cm³/mol. The van der Waals surface area contributed by atoms with Crippen molar-refractivity contribution in [3.05, 3.63) is 29.3 Å². The van der Waals surface area contributed by atoms with Gasteiger partial charge in [-0.25, -0.2) is 0 Å². The molecule has 4 heteroatoms. The van der Waals surface area contributed by atoms with Crippen LogP contribution in [-0.4, -0.2) is 28.2 Å². The van der Waals surface area contributed by atoms with E-state index in [4.69, 9.17) is 9.94 Å². The zero-order valence-corrected chi connectivity index (χ0v) is 11.5. The van der Waals surface area contributed by atoms with Crippen LogP contribution in [-0.2, 0) is 6.42 Å². The lowest BCUT2D eigenvalue weighted by Crippen LogP contribution is -2.31. The van der Waals surface area contributed by atoms with Crippen LogP contribution in [0.3, 0.4) is 0 Å². The number of rotatable bonds is 4. The summed E-state index contributed by atoms with van der Waals surface area (Å²) in [5.41, 5.74) is 1.94. The Kier molecular flexibility index (Phi) is 4.10. The molecule has 0 radical (unpaired) electrons. The predicted octanol–water partition coefficient (Wildman–Crippen LogP) is 2.74. The first-order valence-electron chi connectivity index (χ1n) is 6.76. The van der Waals surface area contributed by atoms with Crippen LogP contribution in [0.1, 0.15) is 44.2 Å². The fourth-order valence-corrected chi connectivity index (χ4v) is 2.24. The minimum absolute atomic E-state index is 0.269. The first-order chi connectivity index (χ1) is 9.07. The van der Waals surface area contributed by atoms with E-state index in [0.29, 0.717) is 12.1 Å². The summed E-state index contributed by atoms with van der Waals surface area (Å²) >= 11 is 0. The van der Waals surface area contributed by atoms with Crippen LogP contribution >= 0.6 is 0 Å². The summed E-state index contributed by atoms with van der Waals surface area (Å²) < 4.78 is 5.77. The fraction of sp³-hybridized carbons (Fsp3) is 0.533. The third-order valence-electron chi connectivity index (χ3n) is 3.71. The SMILES string of the molecule is CCC(C)(O)COc1cccc2c1CCC/C2=N\O. The number of fused-ring (bicyclic) bond motifs is 1. The van der Waals surface area contributed by atoms with Crippen molar-refractivity contribution in [1.82, 2.24) is 0 Å². The number of aliphatic hydroxyl groups is 1. The van der Waals surface area contributed by atoms with E-state index in [1.54, 1.807) is 6.92 Å². The Hall–Kier alpha value is -1.55. The van der Waals surface area contributed by atoms with E-state index in [1.165, 1.54) is 0 Å². The average molecular weight is 263 g/mol. The van der Waals surface area contributed by atoms with Gasteiger partial charge in [0.1, 0.15) is 12.4 Å². The summed E-state index contributed by atoms with van der Waals surface area (Å²) in [5, 5.41) is 22.4. The molecule has 2 N–H and O–H groups in total. The summed E-state index contributed by atoms with van der Waals surface area (Å²) in [6.45, 7) is 3.97. The maximum Gasteiger partial charge on any atom is 0.123 e. The Morgan fingerprint density at radius 3 is 2.84 bits per heavy atom. The summed E-state index contributed by atoms with van der Waals surface area (Å²) in [4.78, 5) is 0. The first kappa shape index (κ1) is 13.9. The number of ether oxygens (including phenoxy) is 1. The second kappa shape index (κ2) is 5.61. The Morgan fingerprint density at radius 2 is 2.16 bits per heavy atom. The molecule has 1 aromatic rings. The minimum Gasteiger partial charge on any atom is -0.490 e. The zero-order valence-electron chi connectivity index (χ0n) is 11.5. The molecule has 0 fully saturated rings. The highest BCUT2D eigenvalue weighted by molar-refractivity contribution is 6.02. The zero-order chi connectivity index (χ0) is 13.9. The summed E-state index contributed by atoms with van der Waals surface area (Å²) in [7, 11) is 0. The van der Waals surface area contributed by atoms with Crippen molar-refractivity contribution in [2.75, 3.05) is 6.61 Å². The molecule has 104 valence electrons. The van der Waals surface area contributed by atoms with Gasteiger partial charge in [-0.05, 0) is 38.7 Å². The van der Waals surface area contributed by atoms with E-state index in [0.717, 1.165) is 36.1 Å². The van der Waals surface area contributed by atoms with Crippen molar-refractivity contribution in [3.63, 3.8) is 0 Å². The number of benzene rings is 1. The lowest BCUT2D eigenvalue weighted by molar-refractivity contribution is 0.00816. The quantitative estimate of drug-likeness (QED) is 0.648. The Balaban J connectivity index is 2.23. The summed E-state index contributed by atoms with van der Waals surface area (Å²) in [6, 6.07) is 5.75. The van der Waals surface area contributed by atoms with Gasteiger partial charge in [0.15, 0.2) is 0 Å². The standard InChI is InChI=1S/C15H21NO3/c1-3-15(2,17)10-19-14-9-5-6-11-12(14)7-4-8-13(11)16-18/h5-6,9,17-18H,3-4,7-8,10H2,1-2H3/b16-13+. The lowest BCUT2D eigenvalue weighted by Gasteiger charge is -2.24. The third kappa shape index (κ3) is 3.07. The van der Waals surface area contributed by atoms with Gasteiger partial charge in [-0.15, -0.1) is 0 Å². The normalized spacial score (nSPS) is 19.8. The van der Waals surface area contributed by atoms with E-state index in [1.807, 2.05) is 25.1 Å². The maximum absolute atomic E-state index is 10.00. The molecule has 0 bridgehead atoms. The van der Waals surface area contributed by atoms with Crippen molar-refractivity contribution in [2.45, 2.75) is 45.1 Å². The molecule has 0 aromatic heterocycles. The van der Waals surface area contributed by atoms with Crippen LogP contribution in [0.15, 0.2) is 23.4 Å². The van der Waals surface area contributed by atoms with Gasteiger partial charge in [0.2, 0.25) is 0 Å². The molecule has 0 saturated heterocycles. The first-order valence-corrected chi connectivity index (χ1v) is 6.76. The highest BCUT2D eigenvalue weighted by Gasteiger charge is 2.22. The van der Waals surface area contributed by atoms with E-state index in [-0.39, 0.29) is 6.61 Å². The van der Waals surface area contributed by atoms with E-state index < -0.39 is 5.60 Å². The molecule has 1 aliphatic carbocycles. The highest BCUT2D eigenvalue weighted by atomic mass is 16.5. The van der Waals surface area contributed by atoms with Crippen molar-refractivity contribution in [1.29, 1.82) is 0 Å². The number of hydrogen-bond acceptors (Lipinski definition) is 4. The summed E-state index contributed by atoms with van der Waals surface area (Å²) in [5.74, 6) is 0.784. The molecule has 0 amide bonds. The average Bonchev–Trinajstić information content (AvgIpc) is 2.44. The van der Waals surface area contributed by atoms with Crippen LogP contribution in [0.25, 0.3) is 0 Å². The molecular weight excluding hydrogens is 242 g/mol. The van der Waals surface area contributed by atoms with Gasteiger partial charge in [-0.1, -0.05) is 24.2 Å². The maximum atomic E-state index is 10.00. The van der Waals surface area contributed by atoms with Crippen LogP contribution in [0.5, 0.6) is 5.75 Å². The lowest BCUT2D eigenvalue weighted by atomic mass is 9.89. The molecule has 19 heavy (non-hydrogen) atoms. The van der Waals surface area contributed by atoms with Gasteiger partial charge in [0.25, 0.3) is 0 Å². The van der Waals surface area contributed by atoms with Crippen LogP contribution < -0.4 is 4.74 Å². The largest absolute Gasteiger partial charge is 0.490 e. The molecule has 1 aliphatic rings. The molecule has 2 rings (SSSR count). The third-order valence-corrected chi connectivity index (χ3v) is 3.71. The molecule has 1 atom stereocenters. The van der Waals surface area contributed by atoms with E-state index >= 15 is 0 Å². The molecule has 0 heterocycles. The molecule has 1 unspecified atom stereocenters.